The maximum Gasteiger partial charge on any atom is 0.226 e. The van der Waals surface area contributed by atoms with Gasteiger partial charge in [-0.25, -0.2) is 4.98 Å². The summed E-state index contributed by atoms with van der Waals surface area (Å²) >= 11 is 0. The van der Waals surface area contributed by atoms with E-state index in [2.05, 4.69) is 20.4 Å². The Balaban J connectivity index is 1.18. The molecule has 2 bridgehead atoms. The van der Waals surface area contributed by atoms with Gasteiger partial charge in [0.15, 0.2) is 0 Å². The first-order chi connectivity index (χ1) is 12.3. The van der Waals surface area contributed by atoms with Gasteiger partial charge in [-0.2, -0.15) is 0 Å². The van der Waals surface area contributed by atoms with Crippen LogP contribution < -0.4 is 0 Å². The molecule has 5 heteroatoms. The summed E-state index contributed by atoms with van der Waals surface area (Å²) < 4.78 is 2.07. The van der Waals surface area contributed by atoms with Crippen molar-refractivity contribution in [2.75, 3.05) is 26.2 Å². The summed E-state index contributed by atoms with van der Waals surface area (Å²) in [5.74, 6) is 2.31. The molecule has 3 heterocycles. The van der Waals surface area contributed by atoms with E-state index in [-0.39, 0.29) is 0 Å². The molecule has 2 aliphatic carbocycles. The lowest BCUT2D eigenvalue weighted by molar-refractivity contribution is -0.139. The summed E-state index contributed by atoms with van der Waals surface area (Å²) in [5, 5.41) is 0. The van der Waals surface area contributed by atoms with E-state index >= 15 is 0 Å². The number of carbonyl (C=O) groups excluding carboxylic acids is 1. The lowest BCUT2D eigenvalue weighted by atomic mass is 9.87. The molecule has 1 saturated heterocycles. The Morgan fingerprint density at radius 2 is 2.00 bits per heavy atom. The van der Waals surface area contributed by atoms with Crippen LogP contribution in [-0.2, 0) is 11.3 Å². The molecule has 5 nitrogen and oxygen atoms in total. The molecule has 3 aliphatic rings. The standard InChI is InChI=1S/C20H26N4O/c25-20(18-12-15-4-5-16(18)11-15)23-9-7-22(8-10-23)13-17-14-24-6-2-1-3-19(24)21-17/h1-3,6,14-16,18H,4-5,7-13H2/t15-,16-,18-/m0/s1. The molecule has 0 aromatic carbocycles. The Morgan fingerprint density at radius 1 is 1.12 bits per heavy atom. The van der Waals surface area contributed by atoms with Crippen molar-refractivity contribution < 1.29 is 4.79 Å². The minimum absolute atomic E-state index is 0.337. The second-order valence-electron chi connectivity index (χ2n) is 8.08. The van der Waals surface area contributed by atoms with Gasteiger partial charge in [0.2, 0.25) is 5.91 Å². The molecule has 5 rings (SSSR count). The van der Waals surface area contributed by atoms with Crippen molar-refractivity contribution in [3.8, 4) is 0 Å². The number of hydrogen-bond acceptors (Lipinski definition) is 3. The summed E-state index contributed by atoms with van der Waals surface area (Å²) in [4.78, 5) is 22.1. The van der Waals surface area contributed by atoms with Gasteiger partial charge in [0.05, 0.1) is 5.69 Å². The van der Waals surface area contributed by atoms with Gasteiger partial charge in [0.25, 0.3) is 0 Å². The number of fused-ring (bicyclic) bond motifs is 3. The van der Waals surface area contributed by atoms with Crippen LogP contribution in [0.4, 0.5) is 0 Å². The average molecular weight is 338 g/mol. The summed E-state index contributed by atoms with van der Waals surface area (Å²) in [6, 6.07) is 6.08. The monoisotopic (exact) mass is 338 g/mol. The normalized spacial score (nSPS) is 29.6. The highest BCUT2D eigenvalue weighted by Gasteiger charge is 2.44. The molecule has 0 spiro atoms. The zero-order valence-corrected chi connectivity index (χ0v) is 14.7. The highest BCUT2D eigenvalue weighted by Crippen LogP contribution is 2.48. The number of rotatable bonds is 3. The molecular formula is C20H26N4O. The first-order valence-electron chi connectivity index (χ1n) is 9.70. The third kappa shape index (κ3) is 2.84. The first kappa shape index (κ1) is 15.4. The predicted molar refractivity (Wildman–Crippen MR) is 96.0 cm³/mol. The van der Waals surface area contributed by atoms with Crippen LogP contribution in [0.3, 0.4) is 0 Å². The zero-order chi connectivity index (χ0) is 16.8. The van der Waals surface area contributed by atoms with Crippen LogP contribution >= 0.6 is 0 Å². The van der Waals surface area contributed by atoms with E-state index in [1.165, 1.54) is 19.3 Å². The van der Waals surface area contributed by atoms with E-state index in [1.807, 2.05) is 24.4 Å². The summed E-state index contributed by atoms with van der Waals surface area (Å²) in [5.41, 5.74) is 2.11. The van der Waals surface area contributed by atoms with Crippen molar-refractivity contribution in [2.24, 2.45) is 17.8 Å². The maximum absolute atomic E-state index is 12.9. The molecule has 2 aromatic heterocycles. The van der Waals surface area contributed by atoms with Crippen molar-refractivity contribution in [3.63, 3.8) is 0 Å². The summed E-state index contributed by atoms with van der Waals surface area (Å²) in [6.45, 7) is 4.54. The molecule has 1 aliphatic heterocycles. The highest BCUT2D eigenvalue weighted by atomic mass is 16.2. The number of aromatic nitrogens is 2. The third-order valence-electron chi connectivity index (χ3n) is 6.54. The topological polar surface area (TPSA) is 40.9 Å². The van der Waals surface area contributed by atoms with E-state index in [0.29, 0.717) is 17.7 Å². The van der Waals surface area contributed by atoms with Crippen molar-refractivity contribution in [1.29, 1.82) is 0 Å². The Labute approximate surface area is 148 Å². The number of carbonyl (C=O) groups is 1. The lowest BCUT2D eigenvalue weighted by Crippen LogP contribution is -2.50. The van der Waals surface area contributed by atoms with Crippen LogP contribution in [-0.4, -0.2) is 51.3 Å². The molecule has 25 heavy (non-hydrogen) atoms. The fourth-order valence-electron chi connectivity index (χ4n) is 5.20. The number of imidazole rings is 1. The molecule has 2 aromatic rings. The van der Waals surface area contributed by atoms with Crippen LogP contribution in [0, 0.1) is 17.8 Å². The molecule has 0 N–H and O–H groups in total. The smallest absolute Gasteiger partial charge is 0.226 e. The van der Waals surface area contributed by atoms with Crippen molar-refractivity contribution >= 4 is 11.6 Å². The Hall–Kier alpha value is -1.88. The van der Waals surface area contributed by atoms with Gasteiger partial charge >= 0.3 is 0 Å². The number of piperazine rings is 1. The zero-order valence-electron chi connectivity index (χ0n) is 14.7. The number of nitrogens with zero attached hydrogens (tertiary/aromatic N) is 4. The van der Waals surface area contributed by atoms with Gasteiger partial charge in [-0.3, -0.25) is 9.69 Å². The predicted octanol–water partition coefficient (Wildman–Crippen LogP) is 2.41. The van der Waals surface area contributed by atoms with E-state index < -0.39 is 0 Å². The first-order valence-corrected chi connectivity index (χ1v) is 9.70. The fraction of sp³-hybridized carbons (Fsp3) is 0.600. The van der Waals surface area contributed by atoms with E-state index in [9.17, 15) is 4.79 Å². The second kappa shape index (κ2) is 6.13. The minimum Gasteiger partial charge on any atom is -0.340 e. The third-order valence-corrected chi connectivity index (χ3v) is 6.54. The van der Waals surface area contributed by atoms with Gasteiger partial charge in [0.1, 0.15) is 5.65 Å². The Bertz CT molecular complexity index is 744. The quantitative estimate of drug-likeness (QED) is 0.863. The largest absolute Gasteiger partial charge is 0.340 e. The minimum atomic E-state index is 0.337. The van der Waals surface area contributed by atoms with E-state index in [1.54, 1.807) is 0 Å². The SMILES string of the molecule is O=C([C@H]1C[C@H]2CC[C@H]1C2)N1CCN(Cc2cn3ccccc3n2)CC1. The molecule has 1 amide bonds. The molecule has 0 radical (unpaired) electrons. The molecule has 0 unspecified atom stereocenters. The summed E-state index contributed by atoms with van der Waals surface area (Å²) in [7, 11) is 0. The van der Waals surface area contributed by atoms with E-state index in [4.69, 9.17) is 4.98 Å². The molecule has 3 fully saturated rings. The van der Waals surface area contributed by atoms with Gasteiger partial charge in [0, 0.05) is 51.0 Å². The van der Waals surface area contributed by atoms with Crippen LogP contribution in [0.2, 0.25) is 0 Å². The average Bonchev–Trinajstić information content (AvgIpc) is 3.36. The van der Waals surface area contributed by atoms with Crippen molar-refractivity contribution in [3.05, 3.63) is 36.3 Å². The fourth-order valence-corrected chi connectivity index (χ4v) is 5.20. The van der Waals surface area contributed by atoms with Crippen LogP contribution in [0.5, 0.6) is 0 Å². The van der Waals surface area contributed by atoms with E-state index in [0.717, 1.165) is 56.4 Å². The van der Waals surface area contributed by atoms with Crippen LogP contribution in [0.15, 0.2) is 30.6 Å². The Morgan fingerprint density at radius 3 is 2.72 bits per heavy atom. The van der Waals surface area contributed by atoms with Crippen LogP contribution in [0.1, 0.15) is 31.4 Å². The van der Waals surface area contributed by atoms with Gasteiger partial charge < -0.3 is 9.30 Å². The molecule has 132 valence electrons. The molecule has 2 saturated carbocycles. The maximum atomic E-state index is 12.9. The van der Waals surface area contributed by atoms with Crippen LogP contribution in [0.25, 0.3) is 5.65 Å². The molecule has 3 atom stereocenters. The Kier molecular flexibility index (Phi) is 3.77. The number of amides is 1. The lowest BCUT2D eigenvalue weighted by Gasteiger charge is -2.37. The second-order valence-corrected chi connectivity index (χ2v) is 8.08. The van der Waals surface area contributed by atoms with Gasteiger partial charge in [-0.1, -0.05) is 12.5 Å². The number of pyridine rings is 1. The van der Waals surface area contributed by atoms with Gasteiger partial charge in [-0.05, 0) is 43.2 Å². The number of hydrogen-bond donors (Lipinski definition) is 0. The van der Waals surface area contributed by atoms with Crippen molar-refractivity contribution in [2.45, 2.75) is 32.2 Å². The molecular weight excluding hydrogens is 312 g/mol. The van der Waals surface area contributed by atoms with Crippen molar-refractivity contribution in [1.82, 2.24) is 19.2 Å². The van der Waals surface area contributed by atoms with Gasteiger partial charge in [-0.15, -0.1) is 0 Å². The highest BCUT2D eigenvalue weighted by molar-refractivity contribution is 5.79. The summed E-state index contributed by atoms with van der Waals surface area (Å²) in [6.07, 6.45) is 9.27.